The zero-order chi connectivity index (χ0) is 23.1. The van der Waals surface area contributed by atoms with Crippen molar-refractivity contribution in [3.8, 4) is 0 Å². The molecule has 3 aromatic rings. The summed E-state index contributed by atoms with van der Waals surface area (Å²) in [6.07, 6.45) is 0. The standard InChI is InChI=1S/C23H30N4O3S/c1-8-27-20-10-9-18(23(28)25(5)6)13-19(20)24-22(27)14-26(7)31(29,30)21-12-16(3)15(2)11-17(21)4/h9-13H,8,14H2,1-7H3. The number of sulfonamides is 1. The zero-order valence-corrected chi connectivity index (χ0v) is 20.0. The van der Waals surface area contributed by atoms with Crippen molar-refractivity contribution < 1.29 is 13.2 Å². The van der Waals surface area contributed by atoms with Gasteiger partial charge in [-0.15, -0.1) is 0 Å². The van der Waals surface area contributed by atoms with Crippen LogP contribution in [0.15, 0.2) is 35.2 Å². The number of fused-ring (bicyclic) bond motifs is 1. The Bertz CT molecular complexity index is 1260. The number of carbonyl (C=O) groups excluding carboxylic acids is 1. The molecule has 0 aliphatic rings. The third-order valence-corrected chi connectivity index (χ3v) is 7.59. The number of aryl methyl sites for hydroxylation is 4. The van der Waals surface area contributed by atoms with Gasteiger partial charge in [0.15, 0.2) is 0 Å². The van der Waals surface area contributed by atoms with Gasteiger partial charge in [-0.05, 0) is 68.7 Å². The number of nitrogens with zero attached hydrogens (tertiary/aromatic N) is 4. The van der Waals surface area contributed by atoms with Gasteiger partial charge in [0.2, 0.25) is 10.0 Å². The molecule has 0 spiro atoms. The van der Waals surface area contributed by atoms with Crippen LogP contribution in [0.25, 0.3) is 11.0 Å². The van der Waals surface area contributed by atoms with E-state index in [1.54, 1.807) is 39.3 Å². The van der Waals surface area contributed by atoms with Crippen LogP contribution in [-0.2, 0) is 23.1 Å². The Morgan fingerprint density at radius 1 is 1.00 bits per heavy atom. The number of imidazole rings is 1. The van der Waals surface area contributed by atoms with E-state index in [0.29, 0.717) is 28.3 Å². The average molecular weight is 443 g/mol. The molecule has 2 aromatic carbocycles. The minimum absolute atomic E-state index is 0.0978. The van der Waals surface area contributed by atoms with Crippen LogP contribution in [0, 0.1) is 20.8 Å². The van der Waals surface area contributed by atoms with Crippen molar-refractivity contribution in [1.29, 1.82) is 0 Å². The van der Waals surface area contributed by atoms with E-state index >= 15 is 0 Å². The average Bonchev–Trinajstić information content (AvgIpc) is 3.05. The molecule has 0 aliphatic carbocycles. The maximum atomic E-state index is 13.3. The van der Waals surface area contributed by atoms with Crippen molar-refractivity contribution in [1.82, 2.24) is 18.8 Å². The lowest BCUT2D eigenvalue weighted by molar-refractivity contribution is 0.0827. The first-order valence-corrected chi connectivity index (χ1v) is 11.7. The lowest BCUT2D eigenvalue weighted by Crippen LogP contribution is -2.28. The molecule has 8 heteroatoms. The van der Waals surface area contributed by atoms with Crippen LogP contribution in [-0.4, -0.2) is 54.2 Å². The Morgan fingerprint density at radius 2 is 1.65 bits per heavy atom. The van der Waals surface area contributed by atoms with Crippen molar-refractivity contribution in [2.75, 3.05) is 21.1 Å². The van der Waals surface area contributed by atoms with E-state index in [1.807, 2.05) is 44.4 Å². The lowest BCUT2D eigenvalue weighted by atomic mass is 10.1. The van der Waals surface area contributed by atoms with Gasteiger partial charge in [0.05, 0.1) is 22.5 Å². The highest BCUT2D eigenvalue weighted by Gasteiger charge is 2.25. The van der Waals surface area contributed by atoms with Crippen molar-refractivity contribution in [2.45, 2.75) is 45.7 Å². The Balaban J connectivity index is 2.00. The molecule has 3 rings (SSSR count). The van der Waals surface area contributed by atoms with E-state index in [-0.39, 0.29) is 12.5 Å². The number of aromatic nitrogens is 2. The van der Waals surface area contributed by atoms with Gasteiger partial charge >= 0.3 is 0 Å². The first-order chi connectivity index (χ1) is 14.5. The molecular weight excluding hydrogens is 412 g/mol. The maximum absolute atomic E-state index is 13.3. The Hall–Kier alpha value is -2.71. The summed E-state index contributed by atoms with van der Waals surface area (Å²) in [5.74, 6) is 0.541. The number of amides is 1. The smallest absolute Gasteiger partial charge is 0.253 e. The molecule has 0 saturated heterocycles. The topological polar surface area (TPSA) is 75.5 Å². The fraction of sp³-hybridized carbons (Fsp3) is 0.391. The highest BCUT2D eigenvalue weighted by Crippen LogP contribution is 2.25. The van der Waals surface area contributed by atoms with E-state index in [0.717, 1.165) is 22.2 Å². The lowest BCUT2D eigenvalue weighted by Gasteiger charge is -2.19. The first-order valence-electron chi connectivity index (χ1n) is 10.2. The largest absolute Gasteiger partial charge is 0.345 e. The Kier molecular flexibility index (Phi) is 6.25. The van der Waals surface area contributed by atoms with Crippen molar-refractivity contribution >= 4 is 27.0 Å². The van der Waals surface area contributed by atoms with Gasteiger partial charge in [-0.1, -0.05) is 6.07 Å². The van der Waals surface area contributed by atoms with E-state index in [4.69, 9.17) is 0 Å². The van der Waals surface area contributed by atoms with Gasteiger partial charge in [-0.3, -0.25) is 4.79 Å². The summed E-state index contributed by atoms with van der Waals surface area (Å²) in [5.41, 5.74) is 4.84. The second-order valence-electron chi connectivity index (χ2n) is 8.14. The van der Waals surface area contributed by atoms with Crippen LogP contribution in [0.4, 0.5) is 0 Å². The summed E-state index contributed by atoms with van der Waals surface area (Å²) in [6.45, 7) is 8.47. The third-order valence-electron chi connectivity index (χ3n) is 5.64. The van der Waals surface area contributed by atoms with E-state index in [9.17, 15) is 13.2 Å². The van der Waals surface area contributed by atoms with Crippen LogP contribution >= 0.6 is 0 Å². The molecule has 0 unspecified atom stereocenters. The highest BCUT2D eigenvalue weighted by atomic mass is 32.2. The molecule has 0 fully saturated rings. The van der Waals surface area contributed by atoms with Crippen LogP contribution < -0.4 is 0 Å². The summed E-state index contributed by atoms with van der Waals surface area (Å²) in [5, 5.41) is 0. The predicted molar refractivity (Wildman–Crippen MR) is 123 cm³/mol. The van der Waals surface area contributed by atoms with E-state index < -0.39 is 10.0 Å². The fourth-order valence-corrected chi connectivity index (χ4v) is 5.12. The fourth-order valence-electron chi connectivity index (χ4n) is 3.71. The number of benzene rings is 2. The van der Waals surface area contributed by atoms with Gasteiger partial charge in [-0.2, -0.15) is 4.31 Å². The molecule has 7 nitrogen and oxygen atoms in total. The minimum Gasteiger partial charge on any atom is -0.345 e. The molecule has 0 radical (unpaired) electrons. The molecule has 1 amide bonds. The molecule has 1 aromatic heterocycles. The van der Waals surface area contributed by atoms with E-state index in [2.05, 4.69) is 4.98 Å². The monoisotopic (exact) mass is 442 g/mol. The van der Waals surface area contributed by atoms with Crippen LogP contribution in [0.5, 0.6) is 0 Å². The molecule has 0 aliphatic heterocycles. The van der Waals surface area contributed by atoms with Crippen LogP contribution in [0.1, 0.15) is 39.8 Å². The highest BCUT2D eigenvalue weighted by molar-refractivity contribution is 7.89. The molecule has 0 N–H and O–H groups in total. The van der Waals surface area contributed by atoms with Gasteiger partial charge in [-0.25, -0.2) is 13.4 Å². The quantitative estimate of drug-likeness (QED) is 0.586. The van der Waals surface area contributed by atoms with Gasteiger partial charge in [0.25, 0.3) is 5.91 Å². The number of hydrogen-bond acceptors (Lipinski definition) is 4. The molecular formula is C23H30N4O3S. The van der Waals surface area contributed by atoms with Crippen molar-refractivity contribution in [2.24, 2.45) is 0 Å². The number of carbonyl (C=O) groups is 1. The molecule has 0 bridgehead atoms. The van der Waals surface area contributed by atoms with Gasteiger partial charge < -0.3 is 9.47 Å². The summed E-state index contributed by atoms with van der Waals surface area (Å²) in [6, 6.07) is 9.05. The van der Waals surface area contributed by atoms with Gasteiger partial charge in [0.1, 0.15) is 5.82 Å². The second kappa shape index (κ2) is 8.43. The Labute approximate surface area is 184 Å². The van der Waals surface area contributed by atoms with Crippen molar-refractivity contribution in [3.63, 3.8) is 0 Å². The molecule has 1 heterocycles. The van der Waals surface area contributed by atoms with Crippen molar-refractivity contribution in [3.05, 3.63) is 58.4 Å². The van der Waals surface area contributed by atoms with Crippen LogP contribution in [0.2, 0.25) is 0 Å². The SMILES string of the molecule is CCn1c(CN(C)S(=O)(=O)c2cc(C)c(C)cc2C)nc2cc(C(=O)N(C)C)ccc21. The van der Waals surface area contributed by atoms with E-state index in [1.165, 1.54) is 9.21 Å². The maximum Gasteiger partial charge on any atom is 0.253 e. The molecule has 0 atom stereocenters. The normalized spacial score (nSPS) is 12.0. The minimum atomic E-state index is -3.68. The summed E-state index contributed by atoms with van der Waals surface area (Å²) in [7, 11) is 1.30. The second-order valence-corrected chi connectivity index (χ2v) is 10.2. The molecule has 31 heavy (non-hydrogen) atoms. The number of rotatable bonds is 6. The Morgan fingerprint density at radius 3 is 2.26 bits per heavy atom. The number of hydrogen-bond donors (Lipinski definition) is 0. The summed E-state index contributed by atoms with van der Waals surface area (Å²) in [4.78, 5) is 18.8. The van der Waals surface area contributed by atoms with Crippen LogP contribution in [0.3, 0.4) is 0 Å². The summed E-state index contributed by atoms with van der Waals surface area (Å²) < 4.78 is 29.9. The third kappa shape index (κ3) is 4.22. The summed E-state index contributed by atoms with van der Waals surface area (Å²) >= 11 is 0. The van der Waals surface area contributed by atoms with Gasteiger partial charge in [0, 0.05) is 33.3 Å². The molecule has 166 valence electrons. The zero-order valence-electron chi connectivity index (χ0n) is 19.2. The predicted octanol–water partition coefficient (Wildman–Crippen LogP) is 3.50. The first kappa shape index (κ1) is 23.0. The molecule has 0 saturated carbocycles.